The largest absolute Gasteiger partial charge is 0.497 e. The summed E-state index contributed by atoms with van der Waals surface area (Å²) in [7, 11) is 1.68. The van der Waals surface area contributed by atoms with Gasteiger partial charge in [0.25, 0.3) is 0 Å². The van der Waals surface area contributed by atoms with Crippen LogP contribution in [0, 0.1) is 0 Å². The fourth-order valence-corrected chi connectivity index (χ4v) is 4.07. The molecular weight excluding hydrogens is 426 g/mol. The zero-order chi connectivity index (χ0) is 18.5. The van der Waals surface area contributed by atoms with Crippen LogP contribution >= 0.6 is 27.5 Å². The molecule has 0 atom stereocenters. The van der Waals surface area contributed by atoms with Gasteiger partial charge in [0.15, 0.2) is 0 Å². The SMILES string of the molecule is COc1ccc(Cn2c3ccc(Cl)cc3c3nc4ccc(Br)cn4c32)cc1. The number of ether oxygens (including phenoxy) is 1. The van der Waals surface area contributed by atoms with E-state index in [1.54, 1.807) is 7.11 Å². The van der Waals surface area contributed by atoms with E-state index in [0.29, 0.717) is 5.02 Å². The Labute approximate surface area is 169 Å². The average molecular weight is 441 g/mol. The third-order valence-corrected chi connectivity index (χ3v) is 5.52. The second-order valence-corrected chi connectivity index (χ2v) is 7.81. The first-order valence-electron chi connectivity index (χ1n) is 8.52. The zero-order valence-corrected chi connectivity index (χ0v) is 16.8. The molecule has 5 rings (SSSR count). The van der Waals surface area contributed by atoms with Gasteiger partial charge in [-0.3, -0.25) is 4.40 Å². The van der Waals surface area contributed by atoms with Crippen LogP contribution in [0.15, 0.2) is 65.3 Å². The standard InChI is InChI=1S/C21H15BrClN3O/c1-27-16-6-2-13(3-7-16)11-25-18-8-5-15(23)10-17(18)20-21(25)26-12-14(22)4-9-19(26)24-20/h2-10,12H,11H2,1H3. The zero-order valence-electron chi connectivity index (χ0n) is 14.5. The number of rotatable bonds is 3. The van der Waals surface area contributed by atoms with Gasteiger partial charge in [-0.25, -0.2) is 4.98 Å². The lowest BCUT2D eigenvalue weighted by Crippen LogP contribution is -2.02. The molecule has 6 heteroatoms. The number of hydrogen-bond donors (Lipinski definition) is 0. The number of fused-ring (bicyclic) bond motifs is 5. The lowest BCUT2D eigenvalue weighted by Gasteiger charge is -2.09. The van der Waals surface area contributed by atoms with Gasteiger partial charge >= 0.3 is 0 Å². The van der Waals surface area contributed by atoms with Crippen LogP contribution in [0.2, 0.25) is 5.02 Å². The summed E-state index contributed by atoms with van der Waals surface area (Å²) in [5.41, 5.74) is 5.23. The van der Waals surface area contributed by atoms with Crippen LogP contribution in [0.3, 0.4) is 0 Å². The van der Waals surface area contributed by atoms with Crippen molar-refractivity contribution in [3.05, 3.63) is 75.9 Å². The van der Waals surface area contributed by atoms with Crippen molar-refractivity contribution in [3.8, 4) is 5.75 Å². The molecule has 0 unspecified atom stereocenters. The van der Waals surface area contributed by atoms with E-state index in [-0.39, 0.29) is 0 Å². The van der Waals surface area contributed by atoms with Crippen LogP contribution in [0.25, 0.3) is 27.7 Å². The highest BCUT2D eigenvalue weighted by Crippen LogP contribution is 2.32. The minimum atomic E-state index is 0.712. The first kappa shape index (κ1) is 16.7. The third-order valence-electron chi connectivity index (χ3n) is 4.82. The molecule has 0 saturated heterocycles. The average Bonchev–Trinajstić information content (AvgIpc) is 3.18. The van der Waals surface area contributed by atoms with Gasteiger partial charge in [0.1, 0.15) is 22.6 Å². The van der Waals surface area contributed by atoms with E-state index >= 15 is 0 Å². The fourth-order valence-electron chi connectivity index (χ4n) is 3.57. The van der Waals surface area contributed by atoms with E-state index in [1.807, 2.05) is 36.4 Å². The second kappa shape index (κ2) is 6.29. The summed E-state index contributed by atoms with van der Waals surface area (Å²) in [6, 6.07) is 18.1. The maximum Gasteiger partial charge on any atom is 0.146 e. The van der Waals surface area contributed by atoms with E-state index in [1.165, 1.54) is 5.56 Å². The molecule has 134 valence electrons. The minimum Gasteiger partial charge on any atom is -0.497 e. The van der Waals surface area contributed by atoms with Crippen molar-refractivity contribution in [2.24, 2.45) is 0 Å². The Morgan fingerprint density at radius 2 is 1.89 bits per heavy atom. The molecule has 0 aliphatic rings. The number of imidazole rings is 1. The number of methoxy groups -OCH3 is 1. The molecular formula is C21H15BrClN3O. The molecule has 0 bridgehead atoms. The molecule has 4 nitrogen and oxygen atoms in total. The van der Waals surface area contributed by atoms with E-state index in [0.717, 1.165) is 44.5 Å². The lowest BCUT2D eigenvalue weighted by molar-refractivity contribution is 0.414. The number of nitrogens with zero attached hydrogens (tertiary/aromatic N) is 3. The van der Waals surface area contributed by atoms with Crippen LogP contribution in [0.4, 0.5) is 0 Å². The fraction of sp³-hybridized carbons (Fsp3) is 0.0952. The van der Waals surface area contributed by atoms with Crippen LogP contribution < -0.4 is 4.74 Å². The van der Waals surface area contributed by atoms with E-state index in [4.69, 9.17) is 21.3 Å². The number of halogens is 2. The van der Waals surface area contributed by atoms with Gasteiger partial charge in [-0.15, -0.1) is 0 Å². The highest BCUT2D eigenvalue weighted by atomic mass is 79.9. The molecule has 27 heavy (non-hydrogen) atoms. The summed E-state index contributed by atoms with van der Waals surface area (Å²) >= 11 is 9.85. The van der Waals surface area contributed by atoms with Gasteiger partial charge in [-0.05, 0) is 64.0 Å². The Hall–Kier alpha value is -2.50. The van der Waals surface area contributed by atoms with Gasteiger partial charge < -0.3 is 9.30 Å². The second-order valence-electron chi connectivity index (χ2n) is 6.46. The molecule has 5 aromatic rings. The van der Waals surface area contributed by atoms with Crippen LogP contribution in [0.5, 0.6) is 5.75 Å². The Balaban J connectivity index is 1.81. The van der Waals surface area contributed by atoms with Crippen molar-refractivity contribution in [2.75, 3.05) is 7.11 Å². The first-order chi connectivity index (χ1) is 13.1. The van der Waals surface area contributed by atoms with Crippen LogP contribution in [0.1, 0.15) is 5.56 Å². The summed E-state index contributed by atoms with van der Waals surface area (Å²) in [5, 5.41) is 1.77. The van der Waals surface area contributed by atoms with E-state index < -0.39 is 0 Å². The minimum absolute atomic E-state index is 0.712. The number of hydrogen-bond acceptors (Lipinski definition) is 2. The van der Waals surface area contributed by atoms with E-state index in [9.17, 15) is 0 Å². The molecule has 0 aliphatic carbocycles. The molecule has 3 heterocycles. The summed E-state index contributed by atoms with van der Waals surface area (Å²) in [4.78, 5) is 4.86. The van der Waals surface area contributed by atoms with Gasteiger partial charge in [0, 0.05) is 27.6 Å². The molecule has 0 N–H and O–H groups in total. The van der Waals surface area contributed by atoms with Crippen molar-refractivity contribution in [3.63, 3.8) is 0 Å². The third kappa shape index (κ3) is 2.69. The number of benzene rings is 2. The monoisotopic (exact) mass is 439 g/mol. The highest BCUT2D eigenvalue weighted by molar-refractivity contribution is 9.10. The van der Waals surface area contributed by atoms with Gasteiger partial charge in [-0.2, -0.15) is 0 Å². The Morgan fingerprint density at radius 3 is 2.67 bits per heavy atom. The topological polar surface area (TPSA) is 31.5 Å². The summed E-state index contributed by atoms with van der Waals surface area (Å²) in [6.07, 6.45) is 2.05. The summed E-state index contributed by atoms with van der Waals surface area (Å²) < 4.78 is 10.7. The van der Waals surface area contributed by atoms with Crippen molar-refractivity contribution >= 4 is 55.2 Å². The molecule has 0 radical (unpaired) electrons. The van der Waals surface area contributed by atoms with Gasteiger partial charge in [0.2, 0.25) is 0 Å². The smallest absolute Gasteiger partial charge is 0.146 e. The first-order valence-corrected chi connectivity index (χ1v) is 9.69. The quantitative estimate of drug-likeness (QED) is 0.349. The van der Waals surface area contributed by atoms with Crippen molar-refractivity contribution < 1.29 is 4.74 Å². The van der Waals surface area contributed by atoms with E-state index in [2.05, 4.69) is 49.3 Å². The highest BCUT2D eigenvalue weighted by Gasteiger charge is 2.17. The predicted molar refractivity (Wildman–Crippen MR) is 113 cm³/mol. The molecule has 3 aromatic heterocycles. The molecule has 0 fully saturated rings. The molecule has 0 aliphatic heterocycles. The lowest BCUT2D eigenvalue weighted by atomic mass is 10.2. The van der Waals surface area contributed by atoms with Crippen molar-refractivity contribution in [2.45, 2.75) is 6.54 Å². The predicted octanol–water partition coefficient (Wildman–Crippen LogP) is 5.92. The number of aromatic nitrogens is 3. The van der Waals surface area contributed by atoms with Gasteiger partial charge in [-0.1, -0.05) is 23.7 Å². The molecule has 0 amide bonds. The normalized spacial score (nSPS) is 11.7. The van der Waals surface area contributed by atoms with Crippen molar-refractivity contribution in [1.29, 1.82) is 0 Å². The Kier molecular flexibility index (Phi) is 3.88. The maximum atomic E-state index is 6.28. The molecule has 0 saturated carbocycles. The molecule has 2 aromatic carbocycles. The maximum absolute atomic E-state index is 6.28. The summed E-state index contributed by atoms with van der Waals surface area (Å²) in [6.45, 7) is 0.728. The molecule has 0 spiro atoms. The summed E-state index contributed by atoms with van der Waals surface area (Å²) in [5.74, 6) is 0.853. The Bertz CT molecular complexity index is 1300. The Morgan fingerprint density at radius 1 is 1.07 bits per heavy atom. The van der Waals surface area contributed by atoms with Crippen molar-refractivity contribution in [1.82, 2.24) is 14.0 Å². The van der Waals surface area contributed by atoms with Gasteiger partial charge in [0.05, 0.1) is 12.6 Å². The number of pyridine rings is 1. The van der Waals surface area contributed by atoms with Crippen LogP contribution in [-0.4, -0.2) is 21.1 Å². The van der Waals surface area contributed by atoms with Crippen LogP contribution in [-0.2, 0) is 6.54 Å².